The number of nitrogens with one attached hydrogen (secondary N) is 4. The average molecular weight is 680 g/mol. The van der Waals surface area contributed by atoms with Crippen LogP contribution in [-0.4, -0.2) is 82.8 Å². The minimum absolute atomic E-state index is 0.00123. The van der Waals surface area contributed by atoms with Gasteiger partial charge in [0.1, 0.15) is 30.7 Å². The zero-order valence-corrected chi connectivity index (χ0v) is 30.7. The summed E-state index contributed by atoms with van der Waals surface area (Å²) in [6.45, 7) is 13.3. The summed E-state index contributed by atoms with van der Waals surface area (Å²) in [7, 11) is 0. The number of hydrogen-bond donors (Lipinski definition) is 5. The minimum Gasteiger partial charge on any atom is -0.481 e. The molecule has 1 aliphatic heterocycles. The predicted octanol–water partition coefficient (Wildman–Crippen LogP) is 4.30. The second kappa shape index (κ2) is 23.2. The summed E-state index contributed by atoms with van der Waals surface area (Å²) < 4.78 is 0. The normalized spacial score (nSPS) is 21.1. The molecule has 12 heteroatoms. The van der Waals surface area contributed by atoms with Crippen LogP contribution in [0.4, 0.5) is 0 Å². The van der Waals surface area contributed by atoms with Crippen LogP contribution in [-0.2, 0) is 28.8 Å². The Bertz CT molecular complexity index is 1030. The van der Waals surface area contributed by atoms with E-state index in [1.807, 2.05) is 27.7 Å². The van der Waals surface area contributed by atoms with Crippen molar-refractivity contribution in [3.05, 3.63) is 0 Å². The number of carboxylic acid groups (broad SMARTS) is 1. The number of carbonyl (C=O) groups excluding carboxylic acids is 5. The number of rotatable bonds is 21. The molecule has 276 valence electrons. The van der Waals surface area contributed by atoms with Crippen LogP contribution in [0.1, 0.15) is 138 Å². The molecule has 0 aliphatic carbocycles. The third-order valence-electron chi connectivity index (χ3n) is 8.63. The molecule has 48 heavy (non-hydrogen) atoms. The average Bonchev–Trinajstić information content (AvgIpc) is 2.99. The molecule has 0 spiro atoms. The number of carbonyl (C=O) groups is 6. The summed E-state index contributed by atoms with van der Waals surface area (Å²) in [6.07, 6.45) is 11.5. The molecule has 1 rings (SSSR count). The Morgan fingerprint density at radius 3 is 1.71 bits per heavy atom. The summed E-state index contributed by atoms with van der Waals surface area (Å²) >= 11 is 0. The zero-order valence-electron chi connectivity index (χ0n) is 30.7. The maximum Gasteiger partial charge on any atom is 0.303 e. The van der Waals surface area contributed by atoms with E-state index in [0.29, 0.717) is 6.54 Å². The lowest BCUT2D eigenvalue weighted by Gasteiger charge is -2.37. The van der Waals surface area contributed by atoms with Gasteiger partial charge in [-0.2, -0.15) is 0 Å². The van der Waals surface area contributed by atoms with Gasteiger partial charge in [-0.15, -0.1) is 0 Å². The van der Waals surface area contributed by atoms with Crippen LogP contribution >= 0.6 is 0 Å². The first kappa shape index (κ1) is 42.8. The van der Waals surface area contributed by atoms with Crippen molar-refractivity contribution in [2.24, 2.45) is 17.8 Å². The van der Waals surface area contributed by atoms with Crippen molar-refractivity contribution in [3.8, 4) is 0 Å². The van der Waals surface area contributed by atoms with Crippen molar-refractivity contribution >= 4 is 35.5 Å². The Morgan fingerprint density at radius 1 is 0.708 bits per heavy atom. The van der Waals surface area contributed by atoms with Crippen LogP contribution < -0.4 is 21.3 Å². The van der Waals surface area contributed by atoms with E-state index in [1.165, 1.54) is 49.8 Å². The van der Waals surface area contributed by atoms with E-state index in [2.05, 4.69) is 28.2 Å². The van der Waals surface area contributed by atoms with E-state index >= 15 is 0 Å². The number of nitrogens with zero attached hydrogens (tertiary/aromatic N) is 1. The molecule has 1 saturated heterocycles. The Hall–Kier alpha value is -3.18. The lowest BCUT2D eigenvalue weighted by atomic mass is 9.95. The molecule has 12 nitrogen and oxygen atoms in total. The smallest absolute Gasteiger partial charge is 0.303 e. The van der Waals surface area contributed by atoms with Crippen molar-refractivity contribution < 1.29 is 33.9 Å². The summed E-state index contributed by atoms with van der Waals surface area (Å²) in [6, 6.07) is -4.46. The van der Waals surface area contributed by atoms with E-state index in [1.54, 1.807) is 13.8 Å². The Labute approximate surface area is 288 Å². The molecule has 1 aliphatic rings. The van der Waals surface area contributed by atoms with Crippen LogP contribution in [0.25, 0.3) is 0 Å². The molecule has 0 bridgehead atoms. The number of aliphatic carboxylic acids is 1. The molecule has 0 aromatic heterocycles. The Balaban J connectivity index is 3.22. The predicted molar refractivity (Wildman–Crippen MR) is 187 cm³/mol. The monoisotopic (exact) mass is 679 g/mol. The minimum atomic E-state index is -1.26. The van der Waals surface area contributed by atoms with Gasteiger partial charge in [-0.05, 0) is 43.4 Å². The fraction of sp³-hybridized carbons (Fsp3) is 0.833. The molecule has 0 aromatic rings. The first-order chi connectivity index (χ1) is 22.7. The molecule has 4 atom stereocenters. The van der Waals surface area contributed by atoms with Crippen molar-refractivity contribution in [2.75, 3.05) is 13.1 Å². The maximum absolute atomic E-state index is 14.3. The van der Waals surface area contributed by atoms with Crippen molar-refractivity contribution in [1.82, 2.24) is 26.2 Å². The van der Waals surface area contributed by atoms with Gasteiger partial charge in [-0.1, -0.05) is 106 Å². The Kier molecular flexibility index (Phi) is 20.7. The van der Waals surface area contributed by atoms with Gasteiger partial charge in [-0.3, -0.25) is 28.8 Å². The number of hydrogen-bond acceptors (Lipinski definition) is 6. The van der Waals surface area contributed by atoms with Gasteiger partial charge in [0, 0.05) is 13.0 Å². The summed E-state index contributed by atoms with van der Waals surface area (Å²) in [4.78, 5) is 81.1. The van der Waals surface area contributed by atoms with Crippen molar-refractivity contribution in [3.63, 3.8) is 0 Å². The van der Waals surface area contributed by atoms with Crippen molar-refractivity contribution in [1.29, 1.82) is 0 Å². The first-order valence-corrected chi connectivity index (χ1v) is 18.4. The van der Waals surface area contributed by atoms with Gasteiger partial charge in [0.05, 0.1) is 0 Å². The highest BCUT2D eigenvalue weighted by Crippen LogP contribution is 2.19. The zero-order chi connectivity index (χ0) is 36.2. The van der Waals surface area contributed by atoms with Crippen LogP contribution in [0.15, 0.2) is 0 Å². The van der Waals surface area contributed by atoms with Crippen molar-refractivity contribution in [2.45, 2.75) is 163 Å². The van der Waals surface area contributed by atoms with Gasteiger partial charge in [0.2, 0.25) is 29.5 Å². The highest BCUT2D eigenvalue weighted by Gasteiger charge is 2.40. The second-order valence-corrected chi connectivity index (χ2v) is 14.6. The topological polar surface area (TPSA) is 174 Å². The standard InChI is InChI=1S/C36H65N5O7/c1-8-9-10-11-12-13-14-15-16-17-20-37-30(42)23-41-32(26(6)7)35(47)38-27(18-19-31(43)44)33(45)39-28(21-24(2)3)34(46)40-29(36(41)48)22-25(4)5/h24-29,32H,8-23H2,1-7H3,(H,37,42)(H,38,47)(H,39,45)(H,40,46)(H,43,44)/t27-,28+,29-,32-/m0/s1. The van der Waals surface area contributed by atoms with E-state index in [9.17, 15) is 33.9 Å². The van der Waals surface area contributed by atoms with Crippen LogP contribution in [0.2, 0.25) is 0 Å². The molecule has 5 N–H and O–H groups in total. The summed E-state index contributed by atoms with van der Waals surface area (Å²) in [5.41, 5.74) is 0. The van der Waals surface area contributed by atoms with Gasteiger partial charge in [0.15, 0.2) is 0 Å². The van der Waals surface area contributed by atoms with E-state index in [0.717, 1.165) is 19.3 Å². The lowest BCUT2D eigenvalue weighted by Crippen LogP contribution is -2.64. The summed E-state index contributed by atoms with van der Waals surface area (Å²) in [5, 5.41) is 20.4. The van der Waals surface area contributed by atoms with Gasteiger partial charge in [-0.25, -0.2) is 0 Å². The van der Waals surface area contributed by atoms with Gasteiger partial charge >= 0.3 is 5.97 Å². The van der Waals surface area contributed by atoms with E-state index < -0.39 is 78.6 Å². The SMILES string of the molecule is CCCCCCCCCCCCNC(=O)CN1C(=O)[C@H](CC(C)C)NC(=O)[C@@H](CC(C)C)NC(=O)[C@H](CCC(=O)O)NC(=O)[C@@H]1C(C)C. The fourth-order valence-corrected chi connectivity index (χ4v) is 6.10. The van der Waals surface area contributed by atoms with E-state index in [-0.39, 0.29) is 31.1 Å². The maximum atomic E-state index is 14.3. The van der Waals surface area contributed by atoms with Gasteiger partial charge in [0.25, 0.3) is 0 Å². The number of carboxylic acids is 1. The van der Waals surface area contributed by atoms with Crippen LogP contribution in [0.3, 0.4) is 0 Å². The van der Waals surface area contributed by atoms with E-state index in [4.69, 9.17) is 0 Å². The largest absolute Gasteiger partial charge is 0.481 e. The molecule has 0 radical (unpaired) electrons. The molecule has 0 saturated carbocycles. The Morgan fingerprint density at radius 2 is 1.19 bits per heavy atom. The highest BCUT2D eigenvalue weighted by atomic mass is 16.4. The first-order valence-electron chi connectivity index (χ1n) is 18.4. The number of unbranched alkanes of at least 4 members (excludes halogenated alkanes) is 9. The molecule has 5 amide bonds. The quantitative estimate of drug-likeness (QED) is 0.112. The summed E-state index contributed by atoms with van der Waals surface area (Å²) in [5.74, 6) is -4.50. The molecule has 1 heterocycles. The highest BCUT2D eigenvalue weighted by molar-refractivity contribution is 5.99. The molecular weight excluding hydrogens is 614 g/mol. The number of amides is 5. The van der Waals surface area contributed by atoms with Crippen LogP contribution in [0, 0.1) is 17.8 Å². The van der Waals surface area contributed by atoms with Gasteiger partial charge < -0.3 is 31.3 Å². The molecule has 0 unspecified atom stereocenters. The van der Waals surface area contributed by atoms with Crippen LogP contribution in [0.5, 0.6) is 0 Å². The fourth-order valence-electron chi connectivity index (χ4n) is 6.10. The third-order valence-corrected chi connectivity index (χ3v) is 8.63. The molecule has 1 fully saturated rings. The molecule has 0 aromatic carbocycles. The second-order valence-electron chi connectivity index (χ2n) is 14.6. The third kappa shape index (κ3) is 16.8. The molecular formula is C36H65N5O7. The lowest BCUT2D eigenvalue weighted by molar-refractivity contribution is -0.149.